The molecule has 1 aliphatic carbocycles. The molecule has 2 amide bonds. The van der Waals surface area contributed by atoms with Crippen molar-refractivity contribution in [3.05, 3.63) is 65.8 Å². The Balaban J connectivity index is 1.10. The van der Waals surface area contributed by atoms with E-state index in [4.69, 9.17) is 9.15 Å². The number of carbonyl (C=O) groups is 3. The summed E-state index contributed by atoms with van der Waals surface area (Å²) in [5.41, 5.74) is 1.86. The van der Waals surface area contributed by atoms with Gasteiger partial charge >= 0.3 is 23.8 Å². The Labute approximate surface area is 236 Å². The molecule has 2 aliphatic rings. The molecule has 1 aliphatic heterocycles. The van der Waals surface area contributed by atoms with E-state index in [1.807, 2.05) is 24.3 Å². The molecule has 11 nitrogen and oxygen atoms in total. The maximum absolute atomic E-state index is 13.8. The van der Waals surface area contributed by atoms with E-state index >= 15 is 0 Å². The van der Waals surface area contributed by atoms with Gasteiger partial charge in [0.15, 0.2) is 0 Å². The normalized spacial score (nSPS) is 22.3. The average Bonchev–Trinajstić information content (AvgIpc) is 3.61. The number of aromatic nitrogens is 2. The smallest absolute Gasteiger partial charge is 0.328 e. The highest BCUT2D eigenvalue weighted by Crippen LogP contribution is 2.38. The van der Waals surface area contributed by atoms with Crippen molar-refractivity contribution in [2.75, 3.05) is 24.3 Å². The molecule has 0 spiro atoms. The minimum absolute atomic E-state index is 0.103. The Hall–Kier alpha value is -4.32. The Morgan fingerprint density at radius 2 is 1.80 bits per heavy atom. The first kappa shape index (κ1) is 28.2. The van der Waals surface area contributed by atoms with Crippen molar-refractivity contribution in [3.63, 3.8) is 0 Å². The fraction of sp³-hybridized carbons (Fsp3) is 0.414. The number of para-hydroxylation sites is 1. The van der Waals surface area contributed by atoms with Crippen molar-refractivity contribution < 1.29 is 33.0 Å². The number of carbonyl (C=O) groups excluding carboxylic acids is 3. The molecule has 2 aromatic carbocycles. The van der Waals surface area contributed by atoms with Gasteiger partial charge in [0.05, 0.1) is 18.9 Å². The van der Waals surface area contributed by atoms with Crippen LogP contribution in [-0.4, -0.2) is 63.8 Å². The topological polar surface area (TPSA) is 147 Å². The van der Waals surface area contributed by atoms with Crippen LogP contribution in [0.1, 0.15) is 60.7 Å². The van der Waals surface area contributed by atoms with Gasteiger partial charge in [0.1, 0.15) is 11.9 Å². The summed E-state index contributed by atoms with van der Waals surface area (Å²) in [6.45, 7) is 0.162. The number of β-amino-alcohol motifs (C(OH)–C–C–N with tert-alkyl or cyclic N) is 1. The lowest BCUT2D eigenvalue weighted by molar-refractivity contribution is -0.151. The zero-order chi connectivity index (χ0) is 28.9. The Kier molecular flexibility index (Phi) is 8.58. The first-order valence-corrected chi connectivity index (χ1v) is 13.6. The highest BCUT2D eigenvalue weighted by molar-refractivity contribution is 6.00. The maximum atomic E-state index is 13.8. The van der Waals surface area contributed by atoms with Crippen molar-refractivity contribution in [2.24, 2.45) is 5.92 Å². The number of aliphatic hydroxyl groups is 1. The summed E-state index contributed by atoms with van der Waals surface area (Å²) in [6.07, 6.45) is 3.47. The molecule has 216 valence electrons. The lowest BCUT2D eigenvalue weighted by Gasteiger charge is -2.30. The molecule has 0 unspecified atom stereocenters. The predicted octanol–water partition coefficient (Wildman–Crippen LogP) is 4.00. The molecule has 2 heterocycles. The number of halogens is 1. The van der Waals surface area contributed by atoms with Gasteiger partial charge in [-0.05, 0) is 67.3 Å². The summed E-state index contributed by atoms with van der Waals surface area (Å²) in [4.78, 5) is 39.0. The summed E-state index contributed by atoms with van der Waals surface area (Å²) >= 11 is 0. The van der Waals surface area contributed by atoms with Gasteiger partial charge in [0.2, 0.25) is 5.91 Å². The van der Waals surface area contributed by atoms with Crippen LogP contribution >= 0.6 is 0 Å². The summed E-state index contributed by atoms with van der Waals surface area (Å²) in [6, 6.07) is 12.7. The third-order valence-electron chi connectivity index (χ3n) is 7.76. The minimum atomic E-state index is -0.713. The highest BCUT2D eigenvalue weighted by atomic mass is 19.1. The zero-order valence-corrected chi connectivity index (χ0v) is 22.6. The summed E-state index contributed by atoms with van der Waals surface area (Å²) in [5, 5.41) is 22.8. The van der Waals surface area contributed by atoms with E-state index < -0.39 is 29.8 Å². The molecule has 1 saturated carbocycles. The van der Waals surface area contributed by atoms with Crippen LogP contribution in [-0.2, 0) is 14.3 Å². The monoisotopic (exact) mass is 565 g/mol. The van der Waals surface area contributed by atoms with Gasteiger partial charge in [-0.25, -0.2) is 9.18 Å². The molecule has 0 radical (unpaired) electrons. The Bertz CT molecular complexity index is 1390. The van der Waals surface area contributed by atoms with Crippen LogP contribution in [0.4, 0.5) is 21.8 Å². The number of amides is 2. The first-order valence-electron chi connectivity index (χ1n) is 13.6. The highest BCUT2D eigenvalue weighted by Gasteiger charge is 2.40. The molecule has 1 saturated heterocycles. The second-order valence-electron chi connectivity index (χ2n) is 10.5. The third-order valence-corrected chi connectivity index (χ3v) is 7.76. The summed E-state index contributed by atoms with van der Waals surface area (Å²) in [7, 11) is 1.29. The molecule has 2 atom stereocenters. The number of ether oxygens (including phenoxy) is 1. The number of likely N-dealkylation sites (tertiary alicyclic amines) is 1. The van der Waals surface area contributed by atoms with E-state index in [1.54, 1.807) is 12.1 Å². The molecule has 12 heteroatoms. The quantitative estimate of drug-likeness (QED) is 0.345. The van der Waals surface area contributed by atoms with Crippen LogP contribution in [0.2, 0.25) is 0 Å². The van der Waals surface area contributed by atoms with E-state index in [-0.39, 0.29) is 42.4 Å². The number of hydrogen-bond donors (Lipinski definition) is 3. The number of hydrogen-bond acceptors (Lipinski definition) is 9. The molecule has 3 N–H and O–H groups in total. The minimum Gasteiger partial charge on any atom is -0.467 e. The fourth-order valence-electron chi connectivity index (χ4n) is 5.58. The van der Waals surface area contributed by atoms with Gasteiger partial charge < -0.3 is 29.8 Å². The first-order chi connectivity index (χ1) is 19.8. The van der Waals surface area contributed by atoms with Gasteiger partial charge in [-0.15, -0.1) is 5.10 Å². The predicted molar refractivity (Wildman–Crippen MR) is 146 cm³/mol. The molecule has 3 aromatic rings. The number of anilines is 3. The van der Waals surface area contributed by atoms with Crippen molar-refractivity contribution in [3.8, 4) is 0 Å². The lowest BCUT2D eigenvalue weighted by Crippen LogP contribution is -2.42. The Morgan fingerprint density at radius 1 is 1.07 bits per heavy atom. The van der Waals surface area contributed by atoms with E-state index in [0.29, 0.717) is 18.0 Å². The van der Waals surface area contributed by atoms with E-state index in [0.717, 1.165) is 31.2 Å². The number of methoxy groups -OCH3 is 1. The maximum Gasteiger partial charge on any atom is 0.328 e. The second kappa shape index (κ2) is 12.5. The van der Waals surface area contributed by atoms with Gasteiger partial charge in [0, 0.05) is 25.1 Å². The molecular weight excluding hydrogens is 533 g/mol. The number of benzene rings is 2. The molecule has 2 fully saturated rings. The number of nitrogens with zero attached hydrogens (tertiary/aromatic N) is 3. The summed E-state index contributed by atoms with van der Waals surface area (Å²) < 4.78 is 23.9. The zero-order valence-electron chi connectivity index (χ0n) is 22.6. The number of esters is 1. The molecule has 1 aromatic heterocycles. The third kappa shape index (κ3) is 6.71. The van der Waals surface area contributed by atoms with Gasteiger partial charge in [-0.3, -0.25) is 9.59 Å². The SMILES string of the molecule is COC(=O)[C@@H]1C[C@@H](O)CN1C(=O)CC1CCC(c2ccc(NC(=O)c3nnc(Nc4ccccc4F)o3)cc2)CC1. The van der Waals surface area contributed by atoms with Crippen LogP contribution in [0.5, 0.6) is 0 Å². The molecular formula is C29H32FN5O6. The molecule has 41 heavy (non-hydrogen) atoms. The van der Waals surface area contributed by atoms with Crippen molar-refractivity contribution >= 4 is 35.2 Å². The molecule has 5 rings (SSSR count). The largest absolute Gasteiger partial charge is 0.467 e. The molecule has 0 bridgehead atoms. The summed E-state index contributed by atoms with van der Waals surface area (Å²) in [5.74, 6) is -1.38. The van der Waals surface area contributed by atoms with Crippen LogP contribution in [0.15, 0.2) is 52.9 Å². The van der Waals surface area contributed by atoms with E-state index in [2.05, 4.69) is 20.8 Å². The van der Waals surface area contributed by atoms with Crippen LogP contribution in [0.3, 0.4) is 0 Å². The van der Waals surface area contributed by atoms with Crippen molar-refractivity contribution in [1.82, 2.24) is 15.1 Å². The van der Waals surface area contributed by atoms with Crippen molar-refractivity contribution in [2.45, 2.75) is 56.6 Å². The van der Waals surface area contributed by atoms with Crippen molar-refractivity contribution in [1.29, 1.82) is 0 Å². The van der Waals surface area contributed by atoms with Gasteiger partial charge in [-0.2, -0.15) is 0 Å². The van der Waals surface area contributed by atoms with E-state index in [1.165, 1.54) is 24.1 Å². The second-order valence-corrected chi connectivity index (χ2v) is 10.5. The van der Waals surface area contributed by atoms with Crippen LogP contribution < -0.4 is 10.6 Å². The number of rotatable bonds is 8. The number of nitrogens with one attached hydrogen (secondary N) is 2. The van der Waals surface area contributed by atoms with Gasteiger partial charge in [0.25, 0.3) is 0 Å². The van der Waals surface area contributed by atoms with Gasteiger partial charge in [-0.1, -0.05) is 29.4 Å². The average molecular weight is 566 g/mol. The van der Waals surface area contributed by atoms with Crippen LogP contribution in [0.25, 0.3) is 0 Å². The Morgan fingerprint density at radius 3 is 2.51 bits per heavy atom. The standard InChI is InChI=1S/C29H32FN5O6/c1-40-28(39)24-15-21(36)16-35(24)25(37)14-17-6-8-18(9-7-17)19-10-12-20(13-11-19)31-26(38)27-33-34-29(41-27)32-23-5-3-2-4-22(23)30/h2-5,10-13,17-18,21,24,36H,6-9,14-16H2,1H3,(H,31,38)(H,32,34)/t17?,18?,21-,24+/m1/s1. The van der Waals surface area contributed by atoms with E-state index in [9.17, 15) is 23.9 Å². The number of aliphatic hydroxyl groups excluding tert-OH is 1. The van der Waals surface area contributed by atoms with Crippen LogP contribution in [0, 0.1) is 11.7 Å². The lowest BCUT2D eigenvalue weighted by atomic mass is 9.77. The fourth-order valence-corrected chi connectivity index (χ4v) is 5.58.